The fourth-order valence-electron chi connectivity index (χ4n) is 1.94. The molecule has 0 heterocycles. The van der Waals surface area contributed by atoms with Crippen LogP contribution in [0.25, 0.3) is 0 Å². The molecular formula is C14H12BrCl3N2. The van der Waals surface area contributed by atoms with Crippen LogP contribution in [-0.2, 0) is 6.42 Å². The molecule has 106 valence electrons. The molecule has 2 aromatic rings. The fourth-order valence-corrected chi connectivity index (χ4v) is 2.89. The van der Waals surface area contributed by atoms with E-state index in [9.17, 15) is 0 Å². The zero-order valence-corrected chi connectivity index (χ0v) is 14.2. The minimum atomic E-state index is -0.114. The van der Waals surface area contributed by atoms with Gasteiger partial charge in [0.2, 0.25) is 0 Å². The number of rotatable bonds is 4. The SMILES string of the molecule is NNC(Cc1ccc(Cl)c(Cl)c1)c1cc(Br)ccc1Cl. The summed E-state index contributed by atoms with van der Waals surface area (Å²) >= 11 is 21.6. The zero-order valence-electron chi connectivity index (χ0n) is 10.3. The lowest BCUT2D eigenvalue weighted by Crippen LogP contribution is -2.29. The molecule has 0 aliphatic rings. The first-order valence-corrected chi connectivity index (χ1v) is 7.79. The molecule has 0 radical (unpaired) electrons. The molecule has 0 saturated heterocycles. The van der Waals surface area contributed by atoms with Crippen LogP contribution in [0.1, 0.15) is 17.2 Å². The van der Waals surface area contributed by atoms with E-state index in [1.165, 1.54) is 0 Å². The number of halogens is 4. The maximum atomic E-state index is 6.23. The molecule has 2 aromatic carbocycles. The van der Waals surface area contributed by atoms with Gasteiger partial charge in [0.25, 0.3) is 0 Å². The molecule has 0 aliphatic heterocycles. The molecule has 6 heteroatoms. The monoisotopic (exact) mass is 392 g/mol. The highest BCUT2D eigenvalue weighted by Crippen LogP contribution is 2.30. The summed E-state index contributed by atoms with van der Waals surface area (Å²) in [6.07, 6.45) is 0.656. The first kappa shape index (κ1) is 16.1. The van der Waals surface area contributed by atoms with Gasteiger partial charge in [-0.15, -0.1) is 0 Å². The Kier molecular flexibility index (Phi) is 5.73. The third kappa shape index (κ3) is 3.88. The van der Waals surface area contributed by atoms with Gasteiger partial charge >= 0.3 is 0 Å². The molecule has 0 fully saturated rings. The van der Waals surface area contributed by atoms with Gasteiger partial charge in [0.05, 0.1) is 16.1 Å². The van der Waals surface area contributed by atoms with Crippen molar-refractivity contribution in [3.63, 3.8) is 0 Å². The first-order chi connectivity index (χ1) is 9.51. The lowest BCUT2D eigenvalue weighted by molar-refractivity contribution is 0.552. The van der Waals surface area contributed by atoms with Gasteiger partial charge in [-0.1, -0.05) is 56.8 Å². The molecule has 2 nitrogen and oxygen atoms in total. The topological polar surface area (TPSA) is 38.0 Å². The maximum absolute atomic E-state index is 6.23. The van der Waals surface area contributed by atoms with Crippen LogP contribution < -0.4 is 11.3 Å². The van der Waals surface area contributed by atoms with Crippen molar-refractivity contribution >= 4 is 50.7 Å². The second-order valence-corrected chi connectivity index (χ2v) is 6.47. The average molecular weight is 395 g/mol. The lowest BCUT2D eigenvalue weighted by atomic mass is 9.99. The van der Waals surface area contributed by atoms with E-state index in [0.717, 1.165) is 15.6 Å². The Balaban J connectivity index is 2.28. The van der Waals surface area contributed by atoms with Crippen molar-refractivity contribution in [1.82, 2.24) is 5.43 Å². The minimum absolute atomic E-state index is 0.114. The fraction of sp³-hybridized carbons (Fsp3) is 0.143. The largest absolute Gasteiger partial charge is 0.271 e. The molecule has 0 aliphatic carbocycles. The summed E-state index contributed by atoms with van der Waals surface area (Å²) in [5.41, 5.74) is 4.74. The molecule has 0 bridgehead atoms. The third-order valence-corrected chi connectivity index (χ3v) is 4.53. The lowest BCUT2D eigenvalue weighted by Gasteiger charge is -2.18. The number of nitrogens with two attached hydrogens (primary N) is 1. The molecule has 1 atom stereocenters. The Morgan fingerprint density at radius 1 is 1.00 bits per heavy atom. The van der Waals surface area contributed by atoms with Crippen molar-refractivity contribution in [2.75, 3.05) is 0 Å². The van der Waals surface area contributed by atoms with Gasteiger partial charge in [-0.3, -0.25) is 11.3 Å². The van der Waals surface area contributed by atoms with Crippen LogP contribution in [0.15, 0.2) is 40.9 Å². The summed E-state index contributed by atoms with van der Waals surface area (Å²) in [7, 11) is 0. The number of benzene rings is 2. The highest BCUT2D eigenvalue weighted by Gasteiger charge is 2.15. The number of hydrogen-bond donors (Lipinski definition) is 2. The number of hydrazine groups is 1. The Morgan fingerprint density at radius 2 is 1.70 bits per heavy atom. The van der Waals surface area contributed by atoms with E-state index in [0.29, 0.717) is 21.5 Å². The van der Waals surface area contributed by atoms with Gasteiger partial charge in [-0.25, -0.2) is 0 Å². The Labute approximate surface area is 141 Å². The summed E-state index contributed by atoms with van der Waals surface area (Å²) in [4.78, 5) is 0. The Bertz CT molecular complexity index is 619. The maximum Gasteiger partial charge on any atom is 0.0595 e. The highest BCUT2D eigenvalue weighted by molar-refractivity contribution is 9.10. The quantitative estimate of drug-likeness (QED) is 0.555. The number of hydrogen-bond acceptors (Lipinski definition) is 2. The van der Waals surface area contributed by atoms with Crippen molar-refractivity contribution in [2.45, 2.75) is 12.5 Å². The molecule has 1 unspecified atom stereocenters. The van der Waals surface area contributed by atoms with Gasteiger partial charge in [0.15, 0.2) is 0 Å². The van der Waals surface area contributed by atoms with Crippen LogP contribution in [0.4, 0.5) is 0 Å². The first-order valence-electron chi connectivity index (χ1n) is 5.86. The van der Waals surface area contributed by atoms with Gasteiger partial charge in [0, 0.05) is 9.50 Å². The Morgan fingerprint density at radius 3 is 2.35 bits per heavy atom. The number of nitrogens with one attached hydrogen (secondary N) is 1. The summed E-state index contributed by atoms with van der Waals surface area (Å²) in [5, 5.41) is 1.73. The smallest absolute Gasteiger partial charge is 0.0595 e. The van der Waals surface area contributed by atoms with E-state index in [2.05, 4.69) is 21.4 Å². The highest BCUT2D eigenvalue weighted by atomic mass is 79.9. The average Bonchev–Trinajstić information content (AvgIpc) is 2.43. The van der Waals surface area contributed by atoms with E-state index < -0.39 is 0 Å². The van der Waals surface area contributed by atoms with Gasteiger partial charge in [0.1, 0.15) is 0 Å². The predicted octanol–water partition coefficient (Wildman–Crippen LogP) is 5.16. The molecular weight excluding hydrogens is 382 g/mol. The van der Waals surface area contributed by atoms with Crippen molar-refractivity contribution in [2.24, 2.45) is 5.84 Å². The predicted molar refractivity (Wildman–Crippen MR) is 89.4 cm³/mol. The van der Waals surface area contributed by atoms with E-state index >= 15 is 0 Å². The molecule has 2 rings (SSSR count). The van der Waals surface area contributed by atoms with Crippen LogP contribution in [-0.4, -0.2) is 0 Å². The molecule has 0 amide bonds. The molecule has 0 saturated carbocycles. The van der Waals surface area contributed by atoms with E-state index in [4.69, 9.17) is 40.6 Å². The van der Waals surface area contributed by atoms with Crippen LogP contribution in [0, 0.1) is 0 Å². The molecule has 0 aromatic heterocycles. The minimum Gasteiger partial charge on any atom is -0.271 e. The van der Waals surface area contributed by atoms with Crippen molar-refractivity contribution in [1.29, 1.82) is 0 Å². The van der Waals surface area contributed by atoms with Gasteiger partial charge in [-0.2, -0.15) is 0 Å². The summed E-state index contributed by atoms with van der Waals surface area (Å²) < 4.78 is 0.950. The second-order valence-electron chi connectivity index (χ2n) is 4.34. The van der Waals surface area contributed by atoms with E-state index in [-0.39, 0.29) is 6.04 Å². The van der Waals surface area contributed by atoms with Crippen LogP contribution in [0.3, 0.4) is 0 Å². The zero-order chi connectivity index (χ0) is 14.7. The van der Waals surface area contributed by atoms with Crippen LogP contribution >= 0.6 is 50.7 Å². The summed E-state index contributed by atoms with van der Waals surface area (Å²) in [6.45, 7) is 0. The summed E-state index contributed by atoms with van der Waals surface area (Å²) in [5.74, 6) is 5.66. The van der Waals surface area contributed by atoms with Gasteiger partial charge < -0.3 is 0 Å². The van der Waals surface area contributed by atoms with Crippen LogP contribution in [0.2, 0.25) is 15.1 Å². The van der Waals surface area contributed by atoms with Crippen molar-refractivity contribution < 1.29 is 0 Å². The van der Waals surface area contributed by atoms with Gasteiger partial charge in [-0.05, 0) is 47.9 Å². The van der Waals surface area contributed by atoms with Crippen molar-refractivity contribution in [3.05, 3.63) is 67.1 Å². The molecule has 0 spiro atoms. The van der Waals surface area contributed by atoms with E-state index in [1.807, 2.05) is 30.3 Å². The Hall–Kier alpha value is -0.290. The van der Waals surface area contributed by atoms with Crippen molar-refractivity contribution in [3.8, 4) is 0 Å². The molecule has 3 N–H and O–H groups in total. The summed E-state index contributed by atoms with van der Waals surface area (Å²) in [6, 6.07) is 11.1. The standard InChI is InChI=1S/C14H12BrCl3N2/c15-9-2-4-11(16)10(7-9)14(20-19)6-8-1-3-12(17)13(18)5-8/h1-5,7,14,20H,6,19H2. The van der Waals surface area contributed by atoms with Crippen LogP contribution in [0.5, 0.6) is 0 Å². The normalized spacial score (nSPS) is 12.4. The molecule has 20 heavy (non-hydrogen) atoms. The van der Waals surface area contributed by atoms with E-state index in [1.54, 1.807) is 6.07 Å². The second kappa shape index (κ2) is 7.12. The third-order valence-electron chi connectivity index (χ3n) is 2.96.